The largest absolute Gasteiger partial charge is 0.454 e. The van der Waals surface area contributed by atoms with Crippen LogP contribution in [0.5, 0.6) is 11.5 Å². The lowest BCUT2D eigenvalue weighted by atomic mass is 10.0. The van der Waals surface area contributed by atoms with E-state index in [-0.39, 0.29) is 17.6 Å². The molecule has 164 valence electrons. The van der Waals surface area contributed by atoms with E-state index in [4.69, 9.17) is 21.1 Å². The molecule has 7 nitrogen and oxygen atoms in total. The number of benzene rings is 3. The van der Waals surface area contributed by atoms with Crippen molar-refractivity contribution in [1.82, 2.24) is 0 Å². The van der Waals surface area contributed by atoms with Gasteiger partial charge in [0.05, 0.1) is 10.6 Å². The Morgan fingerprint density at radius 2 is 1.75 bits per heavy atom. The fourth-order valence-corrected chi connectivity index (χ4v) is 5.53. The van der Waals surface area contributed by atoms with Crippen molar-refractivity contribution >= 4 is 38.9 Å². The third-order valence-electron chi connectivity index (χ3n) is 5.45. The zero-order chi connectivity index (χ0) is 22.3. The van der Waals surface area contributed by atoms with Crippen molar-refractivity contribution in [3.8, 4) is 11.5 Å². The average molecular weight is 471 g/mol. The Kier molecular flexibility index (Phi) is 5.19. The predicted molar refractivity (Wildman–Crippen MR) is 121 cm³/mol. The Balaban J connectivity index is 1.40. The summed E-state index contributed by atoms with van der Waals surface area (Å²) >= 11 is 5.90. The van der Waals surface area contributed by atoms with Gasteiger partial charge in [0.15, 0.2) is 11.5 Å². The van der Waals surface area contributed by atoms with E-state index in [1.54, 1.807) is 48.5 Å². The summed E-state index contributed by atoms with van der Waals surface area (Å²) in [6.07, 6.45) is 1.35. The second-order valence-electron chi connectivity index (χ2n) is 7.50. The van der Waals surface area contributed by atoms with E-state index >= 15 is 0 Å². The molecule has 0 aliphatic carbocycles. The minimum Gasteiger partial charge on any atom is -0.454 e. The quantitative estimate of drug-likeness (QED) is 0.608. The molecule has 0 radical (unpaired) electrons. The van der Waals surface area contributed by atoms with Gasteiger partial charge < -0.3 is 14.8 Å². The van der Waals surface area contributed by atoms with Crippen LogP contribution in [0.1, 0.15) is 22.3 Å². The molecule has 32 heavy (non-hydrogen) atoms. The molecule has 0 unspecified atom stereocenters. The molecular formula is C23H19ClN2O5S. The smallest absolute Gasteiger partial charge is 0.264 e. The lowest BCUT2D eigenvalue weighted by Gasteiger charge is -2.30. The number of aryl methyl sites for hydroxylation is 1. The van der Waals surface area contributed by atoms with Crippen LogP contribution in [0.15, 0.2) is 65.6 Å². The van der Waals surface area contributed by atoms with Crippen LogP contribution in [0, 0.1) is 0 Å². The van der Waals surface area contributed by atoms with Crippen molar-refractivity contribution in [1.29, 1.82) is 0 Å². The number of amides is 1. The van der Waals surface area contributed by atoms with Crippen LogP contribution in [-0.2, 0) is 16.4 Å². The number of nitrogens with zero attached hydrogens (tertiary/aromatic N) is 1. The van der Waals surface area contributed by atoms with E-state index in [1.165, 1.54) is 16.4 Å². The maximum atomic E-state index is 13.2. The topological polar surface area (TPSA) is 84.9 Å². The van der Waals surface area contributed by atoms with Crippen LogP contribution in [0.4, 0.5) is 11.4 Å². The van der Waals surface area contributed by atoms with Crippen LogP contribution in [0.2, 0.25) is 5.02 Å². The average Bonchev–Trinajstić information content (AvgIpc) is 3.26. The van der Waals surface area contributed by atoms with E-state index in [2.05, 4.69) is 5.32 Å². The van der Waals surface area contributed by atoms with Gasteiger partial charge >= 0.3 is 0 Å². The Hall–Kier alpha value is -3.23. The first kappa shape index (κ1) is 20.7. The minimum absolute atomic E-state index is 0.160. The Morgan fingerprint density at radius 3 is 2.56 bits per heavy atom. The molecule has 0 spiro atoms. The van der Waals surface area contributed by atoms with Gasteiger partial charge in [-0.15, -0.1) is 0 Å². The van der Waals surface area contributed by atoms with Gasteiger partial charge in [0.1, 0.15) is 0 Å². The van der Waals surface area contributed by atoms with Crippen molar-refractivity contribution in [2.75, 3.05) is 23.0 Å². The van der Waals surface area contributed by atoms with E-state index in [0.29, 0.717) is 52.8 Å². The van der Waals surface area contributed by atoms with Crippen molar-refractivity contribution in [3.05, 3.63) is 76.8 Å². The fourth-order valence-electron chi connectivity index (χ4n) is 3.86. The molecule has 0 aromatic heterocycles. The van der Waals surface area contributed by atoms with Crippen molar-refractivity contribution in [3.63, 3.8) is 0 Å². The van der Waals surface area contributed by atoms with Crippen LogP contribution in [0.25, 0.3) is 0 Å². The SMILES string of the molecule is O=C(Nc1ccc2c(c1)OCO2)c1ccc2c(c1)CCCN2S(=O)(=O)c1ccc(Cl)cc1. The highest BCUT2D eigenvalue weighted by atomic mass is 35.5. The summed E-state index contributed by atoms with van der Waals surface area (Å²) in [6, 6.07) is 16.4. The number of carbonyl (C=O) groups excluding carboxylic acids is 1. The van der Waals surface area contributed by atoms with Gasteiger partial charge in [0.25, 0.3) is 15.9 Å². The molecule has 2 heterocycles. The third-order valence-corrected chi connectivity index (χ3v) is 7.53. The zero-order valence-electron chi connectivity index (χ0n) is 16.9. The number of rotatable bonds is 4. The van der Waals surface area contributed by atoms with Gasteiger partial charge in [-0.05, 0) is 73.0 Å². The van der Waals surface area contributed by atoms with Gasteiger partial charge in [0, 0.05) is 28.9 Å². The molecule has 1 N–H and O–H groups in total. The Labute approximate surface area is 190 Å². The summed E-state index contributed by atoms with van der Waals surface area (Å²) in [5.74, 6) is 0.930. The summed E-state index contributed by atoms with van der Waals surface area (Å²) in [5.41, 5.74) is 2.44. The standard InChI is InChI=1S/C23H19ClN2O5S/c24-17-4-7-19(8-5-17)32(28,29)26-11-1-2-15-12-16(3-9-20(15)26)23(27)25-18-6-10-21-22(13-18)31-14-30-21/h3-10,12-13H,1-2,11,14H2,(H,25,27). The molecule has 0 bridgehead atoms. The number of nitrogens with one attached hydrogen (secondary N) is 1. The predicted octanol–water partition coefficient (Wildman–Crippen LogP) is 4.46. The summed E-state index contributed by atoms with van der Waals surface area (Å²) in [7, 11) is -3.73. The summed E-state index contributed by atoms with van der Waals surface area (Å²) in [6.45, 7) is 0.535. The molecule has 5 rings (SSSR count). The number of ether oxygens (including phenoxy) is 2. The first-order chi connectivity index (χ1) is 15.4. The van der Waals surface area contributed by atoms with Crippen molar-refractivity contribution in [2.24, 2.45) is 0 Å². The first-order valence-electron chi connectivity index (χ1n) is 10.0. The molecule has 3 aromatic carbocycles. The summed E-state index contributed by atoms with van der Waals surface area (Å²) in [4.78, 5) is 13.0. The summed E-state index contributed by atoms with van der Waals surface area (Å²) < 4.78 is 38.4. The lowest BCUT2D eigenvalue weighted by molar-refractivity contribution is 0.102. The molecule has 2 aliphatic heterocycles. The highest BCUT2D eigenvalue weighted by molar-refractivity contribution is 7.92. The highest BCUT2D eigenvalue weighted by Crippen LogP contribution is 2.35. The van der Waals surface area contributed by atoms with Crippen LogP contribution < -0.4 is 19.1 Å². The van der Waals surface area contributed by atoms with Gasteiger partial charge in [-0.1, -0.05) is 11.6 Å². The first-order valence-corrected chi connectivity index (χ1v) is 11.9. The molecule has 1 amide bonds. The van der Waals surface area contributed by atoms with Gasteiger partial charge in [-0.2, -0.15) is 0 Å². The molecule has 3 aromatic rings. The van der Waals surface area contributed by atoms with Crippen LogP contribution >= 0.6 is 11.6 Å². The molecule has 2 aliphatic rings. The summed E-state index contributed by atoms with van der Waals surface area (Å²) in [5, 5.41) is 3.32. The monoisotopic (exact) mass is 470 g/mol. The number of halogens is 1. The number of carbonyl (C=O) groups is 1. The highest BCUT2D eigenvalue weighted by Gasteiger charge is 2.29. The molecule has 0 atom stereocenters. The minimum atomic E-state index is -3.73. The van der Waals surface area contributed by atoms with Gasteiger partial charge in [-0.3, -0.25) is 9.10 Å². The molecule has 9 heteroatoms. The number of sulfonamides is 1. The van der Waals surface area contributed by atoms with E-state index in [1.807, 2.05) is 0 Å². The Bertz CT molecular complexity index is 1310. The normalized spacial score (nSPS) is 14.7. The number of anilines is 2. The van der Waals surface area contributed by atoms with Crippen LogP contribution in [0.3, 0.4) is 0 Å². The number of fused-ring (bicyclic) bond motifs is 2. The zero-order valence-corrected chi connectivity index (χ0v) is 18.4. The van der Waals surface area contributed by atoms with E-state index < -0.39 is 10.0 Å². The number of hydrogen-bond donors (Lipinski definition) is 1. The third kappa shape index (κ3) is 3.76. The lowest BCUT2D eigenvalue weighted by Crippen LogP contribution is -2.35. The molecular weight excluding hydrogens is 452 g/mol. The molecule has 0 fully saturated rings. The van der Waals surface area contributed by atoms with Gasteiger partial charge in [-0.25, -0.2) is 8.42 Å². The fraction of sp³-hybridized carbons (Fsp3) is 0.174. The Morgan fingerprint density at radius 1 is 0.969 bits per heavy atom. The molecule has 0 saturated carbocycles. The number of hydrogen-bond acceptors (Lipinski definition) is 5. The van der Waals surface area contributed by atoms with Crippen LogP contribution in [-0.4, -0.2) is 27.7 Å². The van der Waals surface area contributed by atoms with E-state index in [0.717, 1.165) is 5.56 Å². The second-order valence-corrected chi connectivity index (χ2v) is 9.80. The van der Waals surface area contributed by atoms with Crippen molar-refractivity contribution < 1.29 is 22.7 Å². The van der Waals surface area contributed by atoms with Crippen molar-refractivity contribution in [2.45, 2.75) is 17.7 Å². The maximum Gasteiger partial charge on any atom is 0.264 e. The second kappa shape index (κ2) is 8.03. The molecule has 0 saturated heterocycles. The maximum absolute atomic E-state index is 13.2. The van der Waals surface area contributed by atoms with E-state index in [9.17, 15) is 13.2 Å². The van der Waals surface area contributed by atoms with Gasteiger partial charge in [0.2, 0.25) is 6.79 Å².